The Morgan fingerprint density at radius 3 is 2.72 bits per heavy atom. The largest absolute Gasteiger partial charge is 0.451 e. The molecule has 0 radical (unpaired) electrons. The number of pyridine rings is 1. The van der Waals surface area contributed by atoms with Gasteiger partial charge in [0, 0.05) is 44.0 Å². The van der Waals surface area contributed by atoms with Gasteiger partial charge in [0.1, 0.15) is 5.58 Å². The monoisotopic (exact) mass is 391 g/mol. The second-order valence-corrected chi connectivity index (χ2v) is 7.32. The lowest BCUT2D eigenvalue weighted by atomic mass is 10.1. The van der Waals surface area contributed by atoms with Crippen molar-refractivity contribution >= 4 is 22.8 Å². The van der Waals surface area contributed by atoms with Gasteiger partial charge in [-0.1, -0.05) is 6.07 Å². The van der Waals surface area contributed by atoms with Crippen molar-refractivity contribution < 1.29 is 14.0 Å². The minimum Gasteiger partial charge on any atom is -0.451 e. The summed E-state index contributed by atoms with van der Waals surface area (Å²) in [6, 6.07) is 10.1. The quantitative estimate of drug-likeness (QED) is 0.721. The molecule has 7 nitrogen and oxygen atoms in total. The zero-order valence-corrected chi connectivity index (χ0v) is 16.1. The number of fused-ring (bicyclic) bond motifs is 1. The lowest BCUT2D eigenvalue weighted by Crippen LogP contribution is -2.41. The van der Waals surface area contributed by atoms with Gasteiger partial charge in [-0.05, 0) is 48.7 Å². The minimum absolute atomic E-state index is 0.00789. The molecule has 1 aromatic carbocycles. The van der Waals surface area contributed by atoms with Gasteiger partial charge >= 0.3 is 0 Å². The van der Waals surface area contributed by atoms with Crippen LogP contribution in [-0.2, 0) is 11.3 Å². The van der Waals surface area contributed by atoms with Crippen LogP contribution in [0.3, 0.4) is 0 Å². The normalized spacial score (nSPS) is 16.0. The summed E-state index contributed by atoms with van der Waals surface area (Å²) in [4.78, 5) is 42.9. The van der Waals surface area contributed by atoms with E-state index in [-0.39, 0.29) is 29.0 Å². The molecule has 1 N–H and O–H groups in total. The van der Waals surface area contributed by atoms with Crippen molar-refractivity contribution in [2.75, 3.05) is 6.54 Å². The molecule has 1 aliphatic heterocycles. The van der Waals surface area contributed by atoms with Crippen LogP contribution in [0.5, 0.6) is 0 Å². The maximum Gasteiger partial charge on any atom is 0.290 e. The van der Waals surface area contributed by atoms with Crippen molar-refractivity contribution in [3.05, 3.63) is 75.9 Å². The fourth-order valence-corrected chi connectivity index (χ4v) is 3.53. The summed E-state index contributed by atoms with van der Waals surface area (Å²) in [6.45, 7) is 2.55. The van der Waals surface area contributed by atoms with Gasteiger partial charge < -0.3 is 14.6 Å². The molecule has 0 bridgehead atoms. The Bertz CT molecular complexity index is 1120. The van der Waals surface area contributed by atoms with Crippen molar-refractivity contribution in [1.82, 2.24) is 15.2 Å². The van der Waals surface area contributed by atoms with Crippen LogP contribution in [0.4, 0.5) is 0 Å². The number of rotatable bonds is 5. The van der Waals surface area contributed by atoms with Crippen LogP contribution in [0.1, 0.15) is 34.5 Å². The number of aromatic nitrogens is 1. The topological polar surface area (TPSA) is 92.5 Å². The summed E-state index contributed by atoms with van der Waals surface area (Å²) in [5.41, 5.74) is 1.97. The summed E-state index contributed by atoms with van der Waals surface area (Å²) >= 11 is 0. The summed E-state index contributed by atoms with van der Waals surface area (Å²) in [7, 11) is 0. The number of aryl methyl sites for hydroxylation is 1. The van der Waals surface area contributed by atoms with Crippen LogP contribution in [-0.4, -0.2) is 34.3 Å². The molecule has 4 rings (SSSR count). The molecule has 1 fully saturated rings. The van der Waals surface area contributed by atoms with Crippen molar-refractivity contribution in [2.24, 2.45) is 0 Å². The van der Waals surface area contributed by atoms with Crippen LogP contribution < -0.4 is 10.7 Å². The van der Waals surface area contributed by atoms with Crippen molar-refractivity contribution in [3.8, 4) is 0 Å². The fourth-order valence-electron chi connectivity index (χ4n) is 3.53. The van der Waals surface area contributed by atoms with Crippen molar-refractivity contribution in [3.63, 3.8) is 0 Å². The van der Waals surface area contributed by atoms with Gasteiger partial charge in [-0.25, -0.2) is 0 Å². The van der Waals surface area contributed by atoms with E-state index in [1.807, 2.05) is 25.1 Å². The Kier molecular flexibility index (Phi) is 5.12. The van der Waals surface area contributed by atoms with E-state index in [2.05, 4.69) is 10.3 Å². The first-order valence-corrected chi connectivity index (χ1v) is 9.51. The Balaban J connectivity index is 1.67. The molecule has 3 aromatic rings. The first-order valence-electron chi connectivity index (χ1n) is 9.51. The number of hydrogen-bond donors (Lipinski definition) is 1. The highest BCUT2D eigenvalue weighted by molar-refractivity contribution is 5.93. The number of amides is 2. The molecule has 148 valence electrons. The summed E-state index contributed by atoms with van der Waals surface area (Å²) in [5, 5.41) is 3.33. The van der Waals surface area contributed by atoms with Crippen LogP contribution in [0.25, 0.3) is 11.0 Å². The number of hydrogen-bond acceptors (Lipinski definition) is 5. The molecule has 2 amide bonds. The maximum atomic E-state index is 13.3. The van der Waals surface area contributed by atoms with E-state index in [1.165, 1.54) is 6.07 Å². The summed E-state index contributed by atoms with van der Waals surface area (Å²) in [6.07, 6.45) is 4.44. The molecule has 0 unspecified atom stereocenters. The van der Waals surface area contributed by atoms with E-state index in [9.17, 15) is 14.4 Å². The van der Waals surface area contributed by atoms with E-state index in [0.717, 1.165) is 11.1 Å². The fraction of sp³-hybridized carbons (Fsp3) is 0.273. The lowest BCUT2D eigenvalue weighted by molar-refractivity contribution is -0.119. The Hall–Kier alpha value is -3.48. The number of carbonyl (C=O) groups excluding carboxylic acids is 2. The van der Waals surface area contributed by atoms with E-state index in [4.69, 9.17) is 4.42 Å². The molecule has 0 spiro atoms. The van der Waals surface area contributed by atoms with Crippen LogP contribution in [0.15, 0.2) is 58.0 Å². The molecule has 1 aliphatic rings. The number of nitrogens with one attached hydrogen (secondary N) is 1. The van der Waals surface area contributed by atoms with Gasteiger partial charge in [0.05, 0.1) is 5.39 Å². The zero-order valence-electron chi connectivity index (χ0n) is 16.1. The second-order valence-electron chi connectivity index (χ2n) is 7.32. The average Bonchev–Trinajstić information content (AvgIpc) is 3.12. The Morgan fingerprint density at radius 1 is 1.21 bits per heavy atom. The molecule has 7 heteroatoms. The molecule has 2 aromatic heterocycles. The van der Waals surface area contributed by atoms with Gasteiger partial charge in [0.15, 0.2) is 11.2 Å². The standard InChI is InChI=1S/C22H21N3O4/c1-14-2-4-17-18(26)11-20(29-19(17)10-14)22(28)25(12-15-6-8-23-9-7-15)13-16-3-5-21(27)24-16/h2,4,6-11,16H,3,5,12-13H2,1H3,(H,24,27)/t16-/m0/s1. The minimum atomic E-state index is -0.386. The molecule has 0 aliphatic carbocycles. The molecule has 1 saturated heterocycles. The lowest BCUT2D eigenvalue weighted by Gasteiger charge is -2.25. The second kappa shape index (κ2) is 7.87. The van der Waals surface area contributed by atoms with Gasteiger partial charge in [0.2, 0.25) is 5.91 Å². The summed E-state index contributed by atoms with van der Waals surface area (Å²) < 4.78 is 5.80. The first kappa shape index (κ1) is 18.9. The molecule has 3 heterocycles. The molecular weight excluding hydrogens is 370 g/mol. The first-order chi connectivity index (χ1) is 14.0. The van der Waals surface area contributed by atoms with Crippen LogP contribution in [0.2, 0.25) is 0 Å². The third-order valence-electron chi connectivity index (χ3n) is 5.03. The van der Waals surface area contributed by atoms with Gasteiger partial charge in [0.25, 0.3) is 5.91 Å². The van der Waals surface area contributed by atoms with Gasteiger partial charge in [-0.3, -0.25) is 19.4 Å². The molecule has 29 heavy (non-hydrogen) atoms. The van der Waals surface area contributed by atoms with E-state index < -0.39 is 0 Å². The Labute approximate surface area is 167 Å². The van der Waals surface area contributed by atoms with Gasteiger partial charge in [-0.2, -0.15) is 0 Å². The number of benzene rings is 1. The number of carbonyl (C=O) groups is 2. The molecular formula is C22H21N3O4. The third-order valence-corrected chi connectivity index (χ3v) is 5.03. The summed E-state index contributed by atoms with van der Waals surface area (Å²) in [5.74, 6) is -0.408. The molecule has 1 atom stereocenters. The average molecular weight is 391 g/mol. The van der Waals surface area contributed by atoms with E-state index in [1.54, 1.807) is 29.4 Å². The highest BCUT2D eigenvalue weighted by atomic mass is 16.3. The third kappa shape index (κ3) is 4.18. The van der Waals surface area contributed by atoms with E-state index in [0.29, 0.717) is 36.9 Å². The zero-order chi connectivity index (χ0) is 20.4. The van der Waals surface area contributed by atoms with Crippen LogP contribution >= 0.6 is 0 Å². The van der Waals surface area contributed by atoms with Crippen LogP contribution in [0, 0.1) is 6.92 Å². The predicted molar refractivity (Wildman–Crippen MR) is 107 cm³/mol. The highest BCUT2D eigenvalue weighted by Crippen LogP contribution is 2.18. The van der Waals surface area contributed by atoms with Crippen molar-refractivity contribution in [1.29, 1.82) is 0 Å². The van der Waals surface area contributed by atoms with Gasteiger partial charge in [-0.15, -0.1) is 0 Å². The predicted octanol–water partition coefficient (Wildman–Crippen LogP) is 2.42. The van der Waals surface area contributed by atoms with E-state index >= 15 is 0 Å². The highest BCUT2D eigenvalue weighted by Gasteiger charge is 2.27. The maximum absolute atomic E-state index is 13.3. The SMILES string of the molecule is Cc1ccc2c(=O)cc(C(=O)N(Cc3ccncc3)C[C@@H]3CCC(=O)N3)oc2c1. The molecule has 0 saturated carbocycles. The van der Waals surface area contributed by atoms with Crippen molar-refractivity contribution in [2.45, 2.75) is 32.4 Å². The smallest absolute Gasteiger partial charge is 0.290 e. The Morgan fingerprint density at radius 2 is 2.00 bits per heavy atom. The number of nitrogens with zero attached hydrogens (tertiary/aromatic N) is 2.